The Bertz CT molecular complexity index is 1110. The average molecular weight is 525 g/mol. The van der Waals surface area contributed by atoms with Crippen LogP contribution in [0.4, 0.5) is 4.39 Å². The third-order valence-electron chi connectivity index (χ3n) is 4.87. The Balaban J connectivity index is 0.00000306. The summed E-state index contributed by atoms with van der Waals surface area (Å²) >= 11 is 0. The van der Waals surface area contributed by atoms with Gasteiger partial charge in [-0.3, -0.25) is 10.8 Å². The van der Waals surface area contributed by atoms with Crippen molar-refractivity contribution in [2.24, 2.45) is 11.5 Å². The van der Waals surface area contributed by atoms with Gasteiger partial charge in [0.05, 0.1) is 14.2 Å². The highest BCUT2D eigenvalue weighted by atomic mass is 35.5. The van der Waals surface area contributed by atoms with E-state index in [4.69, 9.17) is 41.2 Å². The quantitative estimate of drug-likeness (QED) is 0.229. The molecule has 11 heteroatoms. The molecule has 0 spiro atoms. The molecule has 8 nitrogen and oxygen atoms in total. The van der Waals surface area contributed by atoms with Crippen molar-refractivity contribution in [2.45, 2.75) is 13.2 Å². The zero-order chi connectivity index (χ0) is 24.0. The lowest BCUT2D eigenvalue weighted by Crippen LogP contribution is -2.11. The van der Waals surface area contributed by atoms with Gasteiger partial charge < -0.3 is 30.4 Å². The Kier molecular flexibility index (Phi) is 11.1. The molecule has 0 saturated carbocycles. The van der Waals surface area contributed by atoms with Gasteiger partial charge in [-0.15, -0.1) is 24.8 Å². The van der Waals surface area contributed by atoms with Crippen molar-refractivity contribution >= 4 is 36.5 Å². The highest BCUT2D eigenvalue weighted by Gasteiger charge is 2.14. The lowest BCUT2D eigenvalue weighted by molar-refractivity contribution is 0.270. The Labute approximate surface area is 215 Å². The molecule has 0 aliphatic rings. The van der Waals surface area contributed by atoms with Crippen LogP contribution in [0.1, 0.15) is 22.3 Å². The van der Waals surface area contributed by atoms with E-state index in [9.17, 15) is 0 Å². The number of nitrogen functional groups attached to an aromatic ring is 2. The minimum atomic E-state index is -0.448. The van der Waals surface area contributed by atoms with Gasteiger partial charge in [-0.1, -0.05) is 18.2 Å². The first-order chi connectivity index (χ1) is 15.8. The zero-order valence-corrected chi connectivity index (χ0v) is 20.7. The number of halogens is 3. The van der Waals surface area contributed by atoms with Crippen LogP contribution in [0.3, 0.4) is 0 Å². The Hall–Kier alpha value is -3.69. The summed E-state index contributed by atoms with van der Waals surface area (Å²) in [5, 5.41) is 15.0. The molecule has 0 bridgehead atoms. The fraction of sp³-hybridized carbons (Fsp3) is 0.167. The van der Waals surface area contributed by atoms with Gasteiger partial charge in [-0.05, 0) is 36.4 Å². The second-order valence-electron chi connectivity index (χ2n) is 7.03. The van der Waals surface area contributed by atoms with Gasteiger partial charge in [0, 0.05) is 22.3 Å². The van der Waals surface area contributed by atoms with Crippen molar-refractivity contribution in [3.05, 3.63) is 82.7 Å². The lowest BCUT2D eigenvalue weighted by atomic mass is 10.1. The predicted molar refractivity (Wildman–Crippen MR) is 138 cm³/mol. The molecule has 35 heavy (non-hydrogen) atoms. The van der Waals surface area contributed by atoms with E-state index in [-0.39, 0.29) is 49.7 Å². The number of methoxy groups -OCH3 is 2. The molecule has 0 unspecified atom stereocenters. The van der Waals surface area contributed by atoms with E-state index in [1.54, 1.807) is 54.6 Å². The molecule has 0 aliphatic heterocycles. The van der Waals surface area contributed by atoms with E-state index in [2.05, 4.69) is 0 Å². The molecule has 3 aromatic carbocycles. The molecule has 0 atom stereocenters. The largest absolute Gasteiger partial charge is 0.493 e. The smallest absolute Gasteiger partial charge is 0.161 e. The van der Waals surface area contributed by atoms with Crippen molar-refractivity contribution in [3.63, 3.8) is 0 Å². The maximum atomic E-state index is 15.1. The highest BCUT2D eigenvalue weighted by molar-refractivity contribution is 5.96. The normalized spacial score (nSPS) is 9.80. The number of ether oxygens (including phenoxy) is 4. The summed E-state index contributed by atoms with van der Waals surface area (Å²) in [4.78, 5) is 0. The fourth-order valence-corrected chi connectivity index (χ4v) is 3.08. The number of hydrogen-bond acceptors (Lipinski definition) is 6. The van der Waals surface area contributed by atoms with Crippen LogP contribution in [0.15, 0.2) is 54.6 Å². The second kappa shape index (κ2) is 13.3. The van der Waals surface area contributed by atoms with Crippen LogP contribution in [0.5, 0.6) is 23.0 Å². The van der Waals surface area contributed by atoms with Crippen LogP contribution in [0.25, 0.3) is 0 Å². The monoisotopic (exact) mass is 524 g/mol. The Morgan fingerprint density at radius 1 is 0.714 bits per heavy atom. The first-order valence-corrected chi connectivity index (χ1v) is 9.90. The number of nitrogens with two attached hydrogens (primary N) is 2. The summed E-state index contributed by atoms with van der Waals surface area (Å²) in [7, 11) is 2.95. The molecule has 0 amide bonds. The lowest BCUT2D eigenvalue weighted by Gasteiger charge is -2.15. The second-order valence-corrected chi connectivity index (χ2v) is 7.03. The number of hydrogen-bond donors (Lipinski definition) is 4. The van der Waals surface area contributed by atoms with Crippen LogP contribution < -0.4 is 30.4 Å². The molecule has 0 saturated heterocycles. The standard InChI is InChI=1S/C24H25FN4O4.2ClH/c1-30-20-10-14(23(26)27)6-8-18(20)32-12-16-4-3-5-17(22(16)25)13-33-19-9-7-15(24(28)29)11-21(19)31-2;;/h3-11H,12-13H2,1-2H3,(H3,26,27)(H3,28,29);2*1H. The number of amidine groups is 2. The van der Waals surface area contributed by atoms with Crippen molar-refractivity contribution in [3.8, 4) is 23.0 Å². The Morgan fingerprint density at radius 2 is 1.11 bits per heavy atom. The van der Waals surface area contributed by atoms with Crippen molar-refractivity contribution < 1.29 is 23.3 Å². The van der Waals surface area contributed by atoms with E-state index in [0.29, 0.717) is 45.3 Å². The third-order valence-corrected chi connectivity index (χ3v) is 4.87. The number of benzene rings is 3. The molecule has 0 aromatic heterocycles. The minimum Gasteiger partial charge on any atom is -0.493 e. The number of rotatable bonds is 10. The molecular formula is C24H27Cl2FN4O4. The maximum absolute atomic E-state index is 15.1. The average Bonchev–Trinajstić information content (AvgIpc) is 2.82. The van der Waals surface area contributed by atoms with Gasteiger partial charge in [0.2, 0.25) is 0 Å². The van der Waals surface area contributed by atoms with E-state index in [1.165, 1.54) is 14.2 Å². The third kappa shape index (κ3) is 7.14. The zero-order valence-electron chi connectivity index (χ0n) is 19.1. The van der Waals surface area contributed by atoms with Crippen LogP contribution in [0, 0.1) is 16.6 Å². The first kappa shape index (κ1) is 29.3. The van der Waals surface area contributed by atoms with E-state index >= 15 is 4.39 Å². The van der Waals surface area contributed by atoms with Crippen LogP contribution in [-0.4, -0.2) is 25.9 Å². The molecule has 3 rings (SSSR count). The molecule has 0 aliphatic carbocycles. The summed E-state index contributed by atoms with van der Waals surface area (Å²) in [6.07, 6.45) is 0. The van der Waals surface area contributed by atoms with Gasteiger partial charge >= 0.3 is 0 Å². The van der Waals surface area contributed by atoms with E-state index in [0.717, 1.165) is 0 Å². The van der Waals surface area contributed by atoms with E-state index < -0.39 is 5.82 Å². The summed E-state index contributed by atoms with van der Waals surface area (Å²) in [6, 6.07) is 14.6. The van der Waals surface area contributed by atoms with Crippen molar-refractivity contribution in [1.82, 2.24) is 0 Å². The van der Waals surface area contributed by atoms with Gasteiger partial charge in [0.1, 0.15) is 30.7 Å². The fourth-order valence-electron chi connectivity index (χ4n) is 3.08. The highest BCUT2D eigenvalue weighted by Crippen LogP contribution is 2.31. The molecule has 6 N–H and O–H groups in total. The summed E-state index contributed by atoms with van der Waals surface area (Å²) in [5.41, 5.74) is 12.7. The van der Waals surface area contributed by atoms with Crippen LogP contribution in [-0.2, 0) is 13.2 Å². The van der Waals surface area contributed by atoms with Crippen LogP contribution in [0.2, 0.25) is 0 Å². The molecule has 188 valence electrons. The topological polar surface area (TPSA) is 137 Å². The molecule has 3 aromatic rings. The molecule has 0 heterocycles. The van der Waals surface area contributed by atoms with Crippen molar-refractivity contribution in [1.29, 1.82) is 10.8 Å². The van der Waals surface area contributed by atoms with Gasteiger partial charge in [-0.25, -0.2) is 4.39 Å². The predicted octanol–water partition coefficient (Wildman–Crippen LogP) is 4.41. The summed E-state index contributed by atoms with van der Waals surface area (Å²) in [5.74, 6) is 0.957. The van der Waals surface area contributed by atoms with E-state index in [1.807, 2.05) is 0 Å². The maximum Gasteiger partial charge on any atom is 0.161 e. The SMILES string of the molecule is COc1cc(C(=N)N)ccc1OCc1cccc(COc2ccc(C(=N)N)cc2OC)c1F.Cl.Cl. The first-order valence-electron chi connectivity index (χ1n) is 9.90. The van der Waals surface area contributed by atoms with Crippen molar-refractivity contribution in [2.75, 3.05) is 14.2 Å². The van der Waals surface area contributed by atoms with Gasteiger partial charge in [0.15, 0.2) is 23.0 Å². The van der Waals surface area contributed by atoms with Crippen LogP contribution >= 0.6 is 24.8 Å². The minimum absolute atomic E-state index is 0. The molecule has 0 radical (unpaired) electrons. The summed E-state index contributed by atoms with van der Waals surface area (Å²) < 4.78 is 37.1. The Morgan fingerprint density at radius 3 is 1.46 bits per heavy atom. The van der Waals surface area contributed by atoms with Gasteiger partial charge in [0.25, 0.3) is 0 Å². The molecular weight excluding hydrogens is 498 g/mol. The number of nitrogens with one attached hydrogen (secondary N) is 2. The van der Waals surface area contributed by atoms with Gasteiger partial charge in [-0.2, -0.15) is 0 Å². The summed E-state index contributed by atoms with van der Waals surface area (Å²) in [6.45, 7) is -0.0713. The molecule has 0 fully saturated rings.